The van der Waals surface area contributed by atoms with Crippen molar-refractivity contribution in [2.24, 2.45) is 5.41 Å². The molecule has 0 aromatic heterocycles. The van der Waals surface area contributed by atoms with E-state index in [4.69, 9.17) is 15.3 Å². The first-order valence-electron chi connectivity index (χ1n) is 5.96. The van der Waals surface area contributed by atoms with E-state index in [1.54, 1.807) is 18.2 Å². The number of nitriles is 2. The van der Waals surface area contributed by atoms with Crippen LogP contribution in [0, 0.1) is 28.1 Å². The average Bonchev–Trinajstić information content (AvgIpc) is 2.38. The van der Waals surface area contributed by atoms with Crippen LogP contribution in [0.3, 0.4) is 0 Å². The van der Waals surface area contributed by atoms with Gasteiger partial charge in [-0.05, 0) is 31.4 Å². The molecule has 1 amide bonds. The summed E-state index contributed by atoms with van der Waals surface area (Å²) in [6, 6.07) is 9.01. The lowest BCUT2D eigenvalue weighted by Gasteiger charge is -2.33. The minimum absolute atomic E-state index is 0.320. The number of methoxy groups -OCH3 is 1. The standard InChI is InChI=1S/C14H13N3O2/c1-19-11-5-2-4-10(8-15)12(11)17-13(18)14(9-16)6-3-7-14/h2,4-5H,3,6-7H2,1H3,(H,17,18). The molecule has 2 rings (SSSR count). The summed E-state index contributed by atoms with van der Waals surface area (Å²) in [5.74, 6) is 0.0575. The number of carbonyl (C=O) groups is 1. The van der Waals surface area contributed by atoms with Crippen molar-refractivity contribution in [2.45, 2.75) is 19.3 Å². The molecule has 1 saturated carbocycles. The highest BCUT2D eigenvalue weighted by molar-refractivity contribution is 6.00. The maximum Gasteiger partial charge on any atom is 0.244 e. The molecule has 0 spiro atoms. The van der Waals surface area contributed by atoms with Crippen LogP contribution in [0.2, 0.25) is 0 Å². The Kier molecular flexibility index (Phi) is 3.39. The van der Waals surface area contributed by atoms with Crippen molar-refractivity contribution in [3.63, 3.8) is 0 Å². The number of anilines is 1. The van der Waals surface area contributed by atoms with Crippen molar-refractivity contribution >= 4 is 11.6 Å². The highest BCUT2D eigenvalue weighted by Crippen LogP contribution is 2.42. The number of hydrogen-bond acceptors (Lipinski definition) is 4. The van der Waals surface area contributed by atoms with Gasteiger partial charge in [-0.15, -0.1) is 0 Å². The van der Waals surface area contributed by atoms with E-state index in [0.29, 0.717) is 29.8 Å². The zero-order valence-electron chi connectivity index (χ0n) is 10.6. The van der Waals surface area contributed by atoms with Gasteiger partial charge in [0.1, 0.15) is 22.9 Å². The Labute approximate surface area is 111 Å². The summed E-state index contributed by atoms with van der Waals surface area (Å²) in [4.78, 5) is 12.2. The summed E-state index contributed by atoms with van der Waals surface area (Å²) < 4.78 is 5.14. The number of rotatable bonds is 3. The molecule has 1 aromatic carbocycles. The van der Waals surface area contributed by atoms with Gasteiger partial charge in [-0.25, -0.2) is 0 Å². The molecule has 0 unspecified atom stereocenters. The molecule has 96 valence electrons. The van der Waals surface area contributed by atoms with Crippen molar-refractivity contribution in [3.8, 4) is 17.9 Å². The summed E-state index contributed by atoms with van der Waals surface area (Å²) in [7, 11) is 1.47. The Morgan fingerprint density at radius 2 is 2.16 bits per heavy atom. The molecule has 0 bridgehead atoms. The van der Waals surface area contributed by atoms with Gasteiger partial charge in [0.2, 0.25) is 5.91 Å². The molecule has 5 heteroatoms. The Morgan fingerprint density at radius 3 is 2.63 bits per heavy atom. The smallest absolute Gasteiger partial charge is 0.244 e. The van der Waals surface area contributed by atoms with Crippen LogP contribution in [0.5, 0.6) is 5.75 Å². The van der Waals surface area contributed by atoms with Gasteiger partial charge in [0.25, 0.3) is 0 Å². The van der Waals surface area contributed by atoms with Gasteiger partial charge in [0.05, 0.1) is 18.7 Å². The third-order valence-corrected chi connectivity index (χ3v) is 3.46. The second-order valence-corrected chi connectivity index (χ2v) is 4.50. The minimum Gasteiger partial charge on any atom is -0.495 e. The number of benzene rings is 1. The first-order valence-corrected chi connectivity index (χ1v) is 5.96. The lowest BCUT2D eigenvalue weighted by molar-refractivity contribution is -0.126. The summed E-state index contributed by atoms with van der Waals surface area (Å²) in [6.45, 7) is 0. The third-order valence-electron chi connectivity index (χ3n) is 3.46. The van der Waals surface area contributed by atoms with Crippen molar-refractivity contribution in [2.75, 3.05) is 12.4 Å². The topological polar surface area (TPSA) is 85.9 Å². The summed E-state index contributed by atoms with van der Waals surface area (Å²) >= 11 is 0. The van der Waals surface area contributed by atoms with E-state index in [9.17, 15) is 4.79 Å². The monoisotopic (exact) mass is 255 g/mol. The Bertz CT molecular complexity index is 592. The van der Waals surface area contributed by atoms with Crippen LogP contribution in [0.1, 0.15) is 24.8 Å². The van der Waals surface area contributed by atoms with Crippen molar-refractivity contribution < 1.29 is 9.53 Å². The van der Waals surface area contributed by atoms with E-state index in [2.05, 4.69) is 11.4 Å². The maximum atomic E-state index is 12.2. The summed E-state index contributed by atoms with van der Waals surface area (Å²) in [5.41, 5.74) is -0.299. The molecule has 0 saturated heterocycles. The number of hydrogen-bond donors (Lipinski definition) is 1. The molecular weight excluding hydrogens is 242 g/mol. The Morgan fingerprint density at radius 1 is 1.42 bits per heavy atom. The molecule has 0 atom stereocenters. The van der Waals surface area contributed by atoms with Gasteiger partial charge in [0, 0.05) is 0 Å². The number of para-hydroxylation sites is 1. The molecule has 19 heavy (non-hydrogen) atoms. The van der Waals surface area contributed by atoms with Gasteiger partial charge >= 0.3 is 0 Å². The predicted molar refractivity (Wildman–Crippen MR) is 68.2 cm³/mol. The van der Waals surface area contributed by atoms with Crippen LogP contribution in [0.25, 0.3) is 0 Å². The first-order chi connectivity index (χ1) is 9.16. The van der Waals surface area contributed by atoms with Crippen molar-refractivity contribution in [1.82, 2.24) is 0 Å². The highest BCUT2D eigenvalue weighted by atomic mass is 16.5. The van der Waals surface area contributed by atoms with E-state index < -0.39 is 5.41 Å². The minimum atomic E-state index is -0.951. The average molecular weight is 255 g/mol. The Balaban J connectivity index is 2.32. The van der Waals surface area contributed by atoms with Gasteiger partial charge in [-0.3, -0.25) is 4.79 Å². The molecule has 0 radical (unpaired) electrons. The van der Waals surface area contributed by atoms with E-state index in [1.807, 2.05) is 6.07 Å². The van der Waals surface area contributed by atoms with Crippen LogP contribution in [-0.4, -0.2) is 13.0 Å². The predicted octanol–water partition coefficient (Wildman–Crippen LogP) is 2.20. The molecule has 5 nitrogen and oxygen atoms in total. The number of carbonyl (C=O) groups excluding carboxylic acids is 1. The van der Waals surface area contributed by atoms with Gasteiger partial charge in [-0.2, -0.15) is 10.5 Å². The molecular formula is C14H13N3O2. The lowest BCUT2D eigenvalue weighted by Crippen LogP contribution is -2.40. The van der Waals surface area contributed by atoms with Gasteiger partial charge in [-0.1, -0.05) is 6.07 Å². The lowest BCUT2D eigenvalue weighted by atomic mass is 9.69. The summed E-state index contributed by atoms with van der Waals surface area (Å²) in [5, 5.41) is 20.9. The van der Waals surface area contributed by atoms with Crippen LogP contribution in [-0.2, 0) is 4.79 Å². The molecule has 0 aliphatic heterocycles. The zero-order valence-corrected chi connectivity index (χ0v) is 10.6. The van der Waals surface area contributed by atoms with E-state index in [1.165, 1.54) is 7.11 Å². The van der Waals surface area contributed by atoms with Crippen LogP contribution >= 0.6 is 0 Å². The Hall–Kier alpha value is -2.53. The molecule has 1 aliphatic rings. The fourth-order valence-corrected chi connectivity index (χ4v) is 2.08. The van der Waals surface area contributed by atoms with E-state index >= 15 is 0 Å². The zero-order chi connectivity index (χ0) is 13.9. The normalized spacial score (nSPS) is 15.5. The van der Waals surface area contributed by atoms with Crippen LogP contribution in [0.4, 0.5) is 5.69 Å². The molecule has 1 N–H and O–H groups in total. The second kappa shape index (κ2) is 4.99. The first kappa shape index (κ1) is 12.9. The second-order valence-electron chi connectivity index (χ2n) is 4.50. The highest BCUT2D eigenvalue weighted by Gasteiger charge is 2.45. The van der Waals surface area contributed by atoms with Crippen LogP contribution < -0.4 is 10.1 Å². The van der Waals surface area contributed by atoms with E-state index in [-0.39, 0.29) is 5.91 Å². The molecule has 1 aliphatic carbocycles. The van der Waals surface area contributed by atoms with E-state index in [0.717, 1.165) is 6.42 Å². The quantitative estimate of drug-likeness (QED) is 0.897. The number of nitrogens with zero attached hydrogens (tertiary/aromatic N) is 2. The number of amides is 1. The van der Waals surface area contributed by atoms with Crippen molar-refractivity contribution in [3.05, 3.63) is 23.8 Å². The summed E-state index contributed by atoms with van der Waals surface area (Å²) in [6.07, 6.45) is 2.00. The fourth-order valence-electron chi connectivity index (χ4n) is 2.08. The van der Waals surface area contributed by atoms with Crippen LogP contribution in [0.15, 0.2) is 18.2 Å². The number of nitrogens with one attached hydrogen (secondary N) is 1. The largest absolute Gasteiger partial charge is 0.495 e. The number of ether oxygens (including phenoxy) is 1. The molecule has 0 heterocycles. The van der Waals surface area contributed by atoms with Gasteiger partial charge < -0.3 is 10.1 Å². The maximum absolute atomic E-state index is 12.2. The molecule has 1 aromatic rings. The fraction of sp³-hybridized carbons (Fsp3) is 0.357. The third kappa shape index (κ3) is 2.11. The molecule has 1 fully saturated rings. The van der Waals surface area contributed by atoms with Gasteiger partial charge in [0.15, 0.2) is 0 Å². The van der Waals surface area contributed by atoms with Crippen molar-refractivity contribution in [1.29, 1.82) is 10.5 Å². The SMILES string of the molecule is COc1cccc(C#N)c1NC(=O)C1(C#N)CCC1.